The molecule has 0 bridgehead atoms. The maximum Gasteiger partial charge on any atom is 0.255 e. The van der Waals surface area contributed by atoms with Crippen LogP contribution in [-0.4, -0.2) is 35.9 Å². The van der Waals surface area contributed by atoms with Gasteiger partial charge in [0.05, 0.1) is 11.3 Å². The van der Waals surface area contributed by atoms with Gasteiger partial charge in [0.1, 0.15) is 5.15 Å². The van der Waals surface area contributed by atoms with Gasteiger partial charge in [-0.05, 0) is 45.6 Å². The minimum absolute atomic E-state index is 0.0542. The molecule has 0 saturated heterocycles. The molecule has 1 saturated carbocycles. The number of pyridine rings is 1. The molecule has 1 fully saturated rings. The van der Waals surface area contributed by atoms with Crippen LogP contribution in [0.1, 0.15) is 49.9 Å². The molecule has 132 valence electrons. The maximum atomic E-state index is 12.6. The lowest BCUT2D eigenvalue weighted by molar-refractivity contribution is -0.125. The van der Waals surface area contributed by atoms with Gasteiger partial charge in [0.25, 0.3) is 5.91 Å². The summed E-state index contributed by atoms with van der Waals surface area (Å²) in [7, 11) is 1.66. The van der Waals surface area contributed by atoms with E-state index in [2.05, 4.69) is 20.9 Å². The van der Waals surface area contributed by atoms with E-state index in [1.54, 1.807) is 13.1 Å². The van der Waals surface area contributed by atoms with Crippen molar-refractivity contribution in [3.8, 4) is 0 Å². The van der Waals surface area contributed by atoms with Crippen LogP contribution in [0.15, 0.2) is 12.3 Å². The van der Waals surface area contributed by atoms with Crippen molar-refractivity contribution in [2.75, 3.05) is 12.4 Å². The third-order valence-electron chi connectivity index (χ3n) is 4.24. The average molecular weight is 353 g/mol. The van der Waals surface area contributed by atoms with Gasteiger partial charge in [-0.15, -0.1) is 0 Å². The second kappa shape index (κ2) is 8.33. The van der Waals surface area contributed by atoms with Gasteiger partial charge in [-0.3, -0.25) is 9.59 Å². The molecule has 1 heterocycles. The van der Waals surface area contributed by atoms with E-state index in [0.717, 1.165) is 25.7 Å². The molecule has 6 nitrogen and oxygen atoms in total. The maximum absolute atomic E-state index is 12.6. The minimum Gasteiger partial charge on any atom is -0.382 e. The number of nitrogens with zero attached hydrogens (tertiary/aromatic N) is 1. The van der Waals surface area contributed by atoms with Crippen LogP contribution in [0.5, 0.6) is 0 Å². The molecular formula is C17H25ClN4O2. The molecule has 0 atom stereocenters. The summed E-state index contributed by atoms with van der Waals surface area (Å²) in [4.78, 5) is 28.3. The van der Waals surface area contributed by atoms with Crippen molar-refractivity contribution in [1.29, 1.82) is 0 Å². The third-order valence-corrected chi connectivity index (χ3v) is 4.45. The van der Waals surface area contributed by atoms with Gasteiger partial charge >= 0.3 is 0 Å². The van der Waals surface area contributed by atoms with E-state index < -0.39 is 0 Å². The molecule has 1 aromatic heterocycles. The monoisotopic (exact) mass is 352 g/mol. The Morgan fingerprint density at radius 3 is 2.50 bits per heavy atom. The smallest absolute Gasteiger partial charge is 0.255 e. The molecule has 0 unspecified atom stereocenters. The summed E-state index contributed by atoms with van der Waals surface area (Å²) in [6.45, 7) is 3.99. The van der Waals surface area contributed by atoms with Gasteiger partial charge in [-0.25, -0.2) is 4.98 Å². The quantitative estimate of drug-likeness (QED) is 0.711. The number of rotatable bonds is 5. The standard InChI is InChI=1S/C17H25ClN4O2/c1-10(2)21-14-8-15(18)20-9-13(14)17(24)22-12-6-4-11(5-7-12)16(23)19-3/h8-12H,4-7H2,1-3H3,(H,19,23)(H,20,21)(H,22,24). The Balaban J connectivity index is 1.99. The summed E-state index contributed by atoms with van der Waals surface area (Å²) in [6.07, 6.45) is 4.69. The predicted molar refractivity (Wildman–Crippen MR) is 95.3 cm³/mol. The summed E-state index contributed by atoms with van der Waals surface area (Å²) in [5.74, 6) is -0.0191. The van der Waals surface area contributed by atoms with Crippen LogP contribution in [0, 0.1) is 5.92 Å². The molecule has 7 heteroatoms. The minimum atomic E-state index is -0.161. The SMILES string of the molecule is CNC(=O)C1CCC(NC(=O)c2cnc(Cl)cc2NC(C)C)CC1. The van der Waals surface area contributed by atoms with Crippen LogP contribution >= 0.6 is 11.6 Å². The van der Waals surface area contributed by atoms with Gasteiger partial charge < -0.3 is 16.0 Å². The van der Waals surface area contributed by atoms with Gasteiger partial charge in [-0.2, -0.15) is 0 Å². The van der Waals surface area contributed by atoms with E-state index >= 15 is 0 Å². The van der Waals surface area contributed by atoms with Crippen LogP contribution in [0.4, 0.5) is 5.69 Å². The van der Waals surface area contributed by atoms with E-state index in [4.69, 9.17) is 11.6 Å². The first-order valence-corrected chi connectivity index (χ1v) is 8.73. The van der Waals surface area contributed by atoms with Crippen molar-refractivity contribution >= 4 is 29.1 Å². The van der Waals surface area contributed by atoms with Crippen molar-refractivity contribution in [3.63, 3.8) is 0 Å². The van der Waals surface area contributed by atoms with Crippen molar-refractivity contribution < 1.29 is 9.59 Å². The third kappa shape index (κ3) is 4.84. The largest absolute Gasteiger partial charge is 0.382 e. The highest BCUT2D eigenvalue weighted by molar-refractivity contribution is 6.29. The summed E-state index contributed by atoms with van der Waals surface area (Å²) in [5.41, 5.74) is 1.17. The zero-order chi connectivity index (χ0) is 17.7. The number of hydrogen-bond acceptors (Lipinski definition) is 4. The number of anilines is 1. The first-order valence-electron chi connectivity index (χ1n) is 8.35. The van der Waals surface area contributed by atoms with Gasteiger partial charge in [-0.1, -0.05) is 11.6 Å². The van der Waals surface area contributed by atoms with Crippen LogP contribution in [-0.2, 0) is 4.79 Å². The van der Waals surface area contributed by atoms with E-state index in [1.165, 1.54) is 6.20 Å². The van der Waals surface area contributed by atoms with Crippen LogP contribution in [0.25, 0.3) is 0 Å². The molecule has 2 rings (SSSR count). The van der Waals surface area contributed by atoms with E-state index in [9.17, 15) is 9.59 Å². The molecule has 3 N–H and O–H groups in total. The first kappa shape index (κ1) is 18.5. The average Bonchev–Trinajstić information content (AvgIpc) is 2.54. The Labute approximate surface area is 147 Å². The van der Waals surface area contributed by atoms with Crippen molar-refractivity contribution in [2.24, 2.45) is 5.92 Å². The van der Waals surface area contributed by atoms with E-state index in [0.29, 0.717) is 16.4 Å². The summed E-state index contributed by atoms with van der Waals surface area (Å²) < 4.78 is 0. The Hall–Kier alpha value is -1.82. The van der Waals surface area contributed by atoms with E-state index in [-0.39, 0.29) is 29.8 Å². The second-order valence-electron chi connectivity index (χ2n) is 6.49. The highest BCUT2D eigenvalue weighted by Gasteiger charge is 2.27. The number of hydrogen-bond donors (Lipinski definition) is 3. The highest BCUT2D eigenvalue weighted by Crippen LogP contribution is 2.25. The number of carbonyl (C=O) groups is 2. The van der Waals surface area contributed by atoms with Crippen molar-refractivity contribution in [1.82, 2.24) is 15.6 Å². The van der Waals surface area contributed by atoms with Crippen LogP contribution in [0.3, 0.4) is 0 Å². The fourth-order valence-electron chi connectivity index (χ4n) is 3.01. The first-order chi connectivity index (χ1) is 11.4. The molecule has 0 aromatic carbocycles. The lowest BCUT2D eigenvalue weighted by atomic mass is 9.85. The Morgan fingerprint density at radius 1 is 1.25 bits per heavy atom. The summed E-state index contributed by atoms with van der Waals surface area (Å²) >= 11 is 5.94. The zero-order valence-corrected chi connectivity index (χ0v) is 15.1. The highest BCUT2D eigenvalue weighted by atomic mass is 35.5. The fraction of sp³-hybridized carbons (Fsp3) is 0.588. The lowest BCUT2D eigenvalue weighted by Gasteiger charge is -2.28. The Morgan fingerprint density at radius 2 is 1.92 bits per heavy atom. The molecule has 0 aliphatic heterocycles. The number of halogens is 1. The number of nitrogens with one attached hydrogen (secondary N) is 3. The zero-order valence-electron chi connectivity index (χ0n) is 14.4. The number of aromatic nitrogens is 1. The molecule has 0 spiro atoms. The summed E-state index contributed by atoms with van der Waals surface area (Å²) in [6, 6.07) is 1.93. The number of carbonyl (C=O) groups excluding carboxylic acids is 2. The lowest BCUT2D eigenvalue weighted by Crippen LogP contribution is -2.40. The Kier molecular flexibility index (Phi) is 6.43. The van der Waals surface area contributed by atoms with Gasteiger partial charge in [0.15, 0.2) is 0 Å². The van der Waals surface area contributed by atoms with Crippen LogP contribution in [0.2, 0.25) is 5.15 Å². The molecule has 0 radical (unpaired) electrons. The topological polar surface area (TPSA) is 83.1 Å². The fourth-order valence-corrected chi connectivity index (χ4v) is 3.17. The second-order valence-corrected chi connectivity index (χ2v) is 6.88. The molecule has 1 aromatic rings. The Bertz CT molecular complexity index is 598. The molecule has 2 amide bonds. The van der Waals surface area contributed by atoms with Crippen LogP contribution < -0.4 is 16.0 Å². The van der Waals surface area contributed by atoms with E-state index in [1.807, 2.05) is 13.8 Å². The number of amides is 2. The molecular weight excluding hydrogens is 328 g/mol. The van der Waals surface area contributed by atoms with Crippen molar-refractivity contribution in [2.45, 2.75) is 51.6 Å². The van der Waals surface area contributed by atoms with Gasteiger partial charge in [0.2, 0.25) is 5.91 Å². The van der Waals surface area contributed by atoms with Crippen molar-refractivity contribution in [3.05, 3.63) is 23.0 Å². The summed E-state index contributed by atoms with van der Waals surface area (Å²) in [5, 5.41) is 9.32. The van der Waals surface area contributed by atoms with Gasteiger partial charge in [0, 0.05) is 31.2 Å². The molecule has 1 aliphatic rings. The predicted octanol–water partition coefficient (Wildman–Crippen LogP) is 2.59. The molecule has 24 heavy (non-hydrogen) atoms. The normalized spacial score (nSPS) is 20.5. The molecule has 1 aliphatic carbocycles.